The van der Waals surface area contributed by atoms with Gasteiger partial charge in [0.2, 0.25) is 5.91 Å². The molecule has 0 aliphatic heterocycles. The van der Waals surface area contributed by atoms with E-state index in [1.54, 1.807) is 0 Å². The molecule has 3 atom stereocenters. The zero-order chi connectivity index (χ0) is 13.5. The first-order chi connectivity index (χ1) is 8.56. The SMILES string of the molecule is CCCCC(N)C(=O)NC1CCCCC1C(=O)O. The van der Waals surface area contributed by atoms with Crippen molar-refractivity contribution in [1.82, 2.24) is 5.32 Å². The summed E-state index contributed by atoms with van der Waals surface area (Å²) in [4.78, 5) is 23.0. The highest BCUT2D eigenvalue weighted by atomic mass is 16.4. The first-order valence-electron chi connectivity index (χ1n) is 6.85. The van der Waals surface area contributed by atoms with Gasteiger partial charge >= 0.3 is 5.97 Å². The molecule has 0 spiro atoms. The van der Waals surface area contributed by atoms with E-state index in [4.69, 9.17) is 10.8 Å². The molecule has 0 aromatic heterocycles. The van der Waals surface area contributed by atoms with Crippen molar-refractivity contribution in [2.75, 3.05) is 0 Å². The molecule has 0 aromatic rings. The number of amides is 1. The van der Waals surface area contributed by atoms with Gasteiger partial charge in [-0.1, -0.05) is 32.6 Å². The zero-order valence-electron chi connectivity index (χ0n) is 11.0. The quantitative estimate of drug-likeness (QED) is 0.667. The standard InChI is InChI=1S/C13H24N2O3/c1-2-3-7-10(14)12(16)15-11-8-5-4-6-9(11)13(17)18/h9-11H,2-8,14H2,1H3,(H,15,16)(H,17,18). The minimum atomic E-state index is -0.817. The molecule has 4 N–H and O–H groups in total. The van der Waals surface area contributed by atoms with Crippen molar-refractivity contribution in [3.63, 3.8) is 0 Å². The Morgan fingerprint density at radius 1 is 1.39 bits per heavy atom. The largest absolute Gasteiger partial charge is 0.481 e. The van der Waals surface area contributed by atoms with Gasteiger partial charge in [-0.15, -0.1) is 0 Å². The normalized spacial score (nSPS) is 25.4. The maximum atomic E-state index is 11.9. The summed E-state index contributed by atoms with van der Waals surface area (Å²) >= 11 is 0. The molecule has 5 nitrogen and oxygen atoms in total. The third-order valence-electron chi connectivity index (χ3n) is 3.62. The number of nitrogens with one attached hydrogen (secondary N) is 1. The number of nitrogens with two attached hydrogens (primary N) is 1. The predicted octanol–water partition coefficient (Wildman–Crippen LogP) is 1.26. The van der Waals surface area contributed by atoms with Crippen LogP contribution >= 0.6 is 0 Å². The second-order valence-corrected chi connectivity index (χ2v) is 5.09. The van der Waals surface area contributed by atoms with Crippen molar-refractivity contribution in [3.05, 3.63) is 0 Å². The van der Waals surface area contributed by atoms with Gasteiger partial charge in [0.25, 0.3) is 0 Å². The van der Waals surface area contributed by atoms with E-state index in [0.29, 0.717) is 12.8 Å². The Hall–Kier alpha value is -1.10. The molecule has 1 amide bonds. The number of hydrogen-bond donors (Lipinski definition) is 3. The lowest BCUT2D eigenvalue weighted by molar-refractivity contribution is -0.144. The molecule has 0 aromatic carbocycles. The van der Waals surface area contributed by atoms with E-state index in [0.717, 1.165) is 32.1 Å². The van der Waals surface area contributed by atoms with Crippen molar-refractivity contribution in [2.45, 2.75) is 64.0 Å². The monoisotopic (exact) mass is 256 g/mol. The fourth-order valence-electron chi connectivity index (χ4n) is 2.44. The van der Waals surface area contributed by atoms with E-state index in [9.17, 15) is 9.59 Å². The number of unbranched alkanes of at least 4 members (excludes halogenated alkanes) is 1. The molecule has 1 saturated carbocycles. The maximum Gasteiger partial charge on any atom is 0.308 e. The van der Waals surface area contributed by atoms with Crippen LogP contribution in [0.2, 0.25) is 0 Å². The molecule has 1 rings (SSSR count). The summed E-state index contributed by atoms with van der Waals surface area (Å²) in [6.07, 6.45) is 5.86. The number of carboxylic acids is 1. The Bertz CT molecular complexity index is 294. The summed E-state index contributed by atoms with van der Waals surface area (Å²) in [5.41, 5.74) is 5.78. The highest BCUT2D eigenvalue weighted by Gasteiger charge is 2.32. The van der Waals surface area contributed by atoms with Crippen LogP contribution in [0.4, 0.5) is 0 Å². The van der Waals surface area contributed by atoms with Crippen LogP contribution in [0.1, 0.15) is 51.9 Å². The average Bonchev–Trinajstić information content (AvgIpc) is 2.36. The summed E-state index contributed by atoms with van der Waals surface area (Å²) in [7, 11) is 0. The first kappa shape index (κ1) is 15.0. The Kier molecular flexibility index (Phi) is 6.12. The van der Waals surface area contributed by atoms with Gasteiger partial charge in [-0.05, 0) is 19.3 Å². The minimum Gasteiger partial charge on any atom is -0.481 e. The third-order valence-corrected chi connectivity index (χ3v) is 3.62. The minimum absolute atomic E-state index is 0.207. The second kappa shape index (κ2) is 7.36. The molecular formula is C13H24N2O3. The van der Waals surface area contributed by atoms with Gasteiger partial charge in [0, 0.05) is 6.04 Å². The molecule has 104 valence electrons. The molecule has 0 bridgehead atoms. The van der Waals surface area contributed by atoms with Crippen LogP contribution in [0.15, 0.2) is 0 Å². The number of carboxylic acid groups (broad SMARTS) is 1. The van der Waals surface area contributed by atoms with Gasteiger partial charge < -0.3 is 16.2 Å². The fourth-order valence-corrected chi connectivity index (χ4v) is 2.44. The van der Waals surface area contributed by atoms with Crippen LogP contribution < -0.4 is 11.1 Å². The van der Waals surface area contributed by atoms with E-state index >= 15 is 0 Å². The summed E-state index contributed by atoms with van der Waals surface area (Å²) in [5, 5.41) is 11.9. The topological polar surface area (TPSA) is 92.4 Å². The number of aliphatic carboxylic acids is 1. The summed E-state index contributed by atoms with van der Waals surface area (Å²) in [6, 6.07) is -0.766. The highest BCUT2D eigenvalue weighted by molar-refractivity contribution is 5.82. The van der Waals surface area contributed by atoms with Gasteiger partial charge in [-0.2, -0.15) is 0 Å². The van der Waals surface area contributed by atoms with Gasteiger partial charge in [0.05, 0.1) is 12.0 Å². The molecule has 1 fully saturated rings. The highest BCUT2D eigenvalue weighted by Crippen LogP contribution is 2.24. The lowest BCUT2D eigenvalue weighted by Crippen LogP contribution is -2.50. The van der Waals surface area contributed by atoms with Crippen molar-refractivity contribution in [3.8, 4) is 0 Å². The number of hydrogen-bond acceptors (Lipinski definition) is 3. The van der Waals surface area contributed by atoms with Crippen molar-refractivity contribution < 1.29 is 14.7 Å². The van der Waals surface area contributed by atoms with Gasteiger partial charge in [-0.25, -0.2) is 0 Å². The van der Waals surface area contributed by atoms with Crippen LogP contribution in [0, 0.1) is 5.92 Å². The smallest absolute Gasteiger partial charge is 0.308 e. The Morgan fingerprint density at radius 2 is 2.06 bits per heavy atom. The maximum absolute atomic E-state index is 11.9. The van der Waals surface area contributed by atoms with Crippen LogP contribution in [0.3, 0.4) is 0 Å². The molecular weight excluding hydrogens is 232 g/mol. The lowest BCUT2D eigenvalue weighted by atomic mass is 9.84. The van der Waals surface area contributed by atoms with Crippen LogP contribution in [-0.4, -0.2) is 29.1 Å². The molecule has 18 heavy (non-hydrogen) atoms. The van der Waals surface area contributed by atoms with Crippen molar-refractivity contribution in [1.29, 1.82) is 0 Å². The molecule has 0 saturated heterocycles. The second-order valence-electron chi connectivity index (χ2n) is 5.09. The van der Waals surface area contributed by atoms with E-state index in [-0.39, 0.29) is 11.9 Å². The van der Waals surface area contributed by atoms with Crippen LogP contribution in [-0.2, 0) is 9.59 Å². The molecule has 5 heteroatoms. The number of carbonyl (C=O) groups is 2. The summed E-state index contributed by atoms with van der Waals surface area (Å²) in [5.74, 6) is -1.48. The predicted molar refractivity (Wildman–Crippen MR) is 69.0 cm³/mol. The van der Waals surface area contributed by atoms with Crippen LogP contribution in [0.5, 0.6) is 0 Å². The number of carbonyl (C=O) groups excluding carboxylic acids is 1. The molecule has 1 aliphatic carbocycles. The van der Waals surface area contributed by atoms with Gasteiger partial charge in [-0.3, -0.25) is 9.59 Å². The number of rotatable bonds is 6. The van der Waals surface area contributed by atoms with Crippen LogP contribution in [0.25, 0.3) is 0 Å². The Labute approximate surface area is 108 Å². The lowest BCUT2D eigenvalue weighted by Gasteiger charge is -2.30. The summed E-state index contributed by atoms with van der Waals surface area (Å²) in [6.45, 7) is 2.05. The van der Waals surface area contributed by atoms with Gasteiger partial charge in [0.15, 0.2) is 0 Å². The van der Waals surface area contributed by atoms with E-state index in [2.05, 4.69) is 5.32 Å². The molecule has 3 unspecified atom stereocenters. The van der Waals surface area contributed by atoms with Crippen molar-refractivity contribution in [2.24, 2.45) is 11.7 Å². The summed E-state index contributed by atoms with van der Waals surface area (Å²) < 4.78 is 0. The molecule has 0 radical (unpaired) electrons. The average molecular weight is 256 g/mol. The van der Waals surface area contributed by atoms with E-state index < -0.39 is 17.9 Å². The van der Waals surface area contributed by atoms with Gasteiger partial charge in [0.1, 0.15) is 0 Å². The fraction of sp³-hybridized carbons (Fsp3) is 0.846. The Balaban J connectivity index is 2.48. The first-order valence-corrected chi connectivity index (χ1v) is 6.85. The molecule has 1 aliphatic rings. The van der Waals surface area contributed by atoms with Crippen molar-refractivity contribution >= 4 is 11.9 Å². The van der Waals surface area contributed by atoms with E-state index in [1.807, 2.05) is 6.92 Å². The zero-order valence-corrected chi connectivity index (χ0v) is 11.0. The molecule has 0 heterocycles. The van der Waals surface area contributed by atoms with E-state index in [1.165, 1.54) is 0 Å². The Morgan fingerprint density at radius 3 is 2.67 bits per heavy atom. The third kappa shape index (κ3) is 4.29.